The number of ether oxygens (including phenoxy) is 1. The maximum Gasteiger partial charge on any atom is 0.251 e. The number of carbonyl (C=O) groups excluding carboxylic acids is 2. The van der Waals surface area contributed by atoms with Crippen LogP contribution < -0.4 is 10.2 Å². The third kappa shape index (κ3) is 7.00. The van der Waals surface area contributed by atoms with Crippen molar-refractivity contribution in [2.75, 3.05) is 50.8 Å². The Hall–Kier alpha value is -2.77. The molecule has 0 spiro atoms. The molecule has 5 rings (SSSR count). The van der Waals surface area contributed by atoms with Crippen molar-refractivity contribution in [3.63, 3.8) is 0 Å². The number of carbonyl (C=O) groups is 2. The van der Waals surface area contributed by atoms with Crippen molar-refractivity contribution in [1.29, 1.82) is 0 Å². The Balaban J connectivity index is 0.986. The Morgan fingerprint density at radius 2 is 1.45 bits per heavy atom. The summed E-state index contributed by atoms with van der Waals surface area (Å²) in [6.45, 7) is 6.27. The number of piperidine rings is 1. The van der Waals surface area contributed by atoms with Crippen LogP contribution in [0.1, 0.15) is 65.7 Å². The lowest BCUT2D eigenvalue weighted by atomic mass is 9.83. The molecule has 0 unspecified atom stereocenters. The van der Waals surface area contributed by atoms with Crippen LogP contribution in [0.3, 0.4) is 0 Å². The molecule has 2 heterocycles. The normalized spacial score (nSPS) is 23.2. The zero-order chi connectivity index (χ0) is 26.3. The van der Waals surface area contributed by atoms with E-state index in [1.807, 2.05) is 24.3 Å². The standard InChI is InChI=1S/C31H40FN3O3/c32-27-7-3-24(4-8-27)30(36)25-14-17-34(18-15-25)16-13-23-1-9-28(10-2-23)33-31(37)26-5-11-29(12-6-26)35-19-21-38-22-20-35/h3-8,11-12,23,25,28H,1-2,9-10,13-22H2,(H,33,37). The van der Waals surface area contributed by atoms with Gasteiger partial charge in [0.2, 0.25) is 0 Å². The van der Waals surface area contributed by atoms with E-state index in [-0.39, 0.29) is 29.5 Å². The summed E-state index contributed by atoms with van der Waals surface area (Å²) >= 11 is 0. The Morgan fingerprint density at radius 3 is 2.11 bits per heavy atom. The Bertz CT molecular complexity index is 1050. The summed E-state index contributed by atoms with van der Waals surface area (Å²) in [5, 5.41) is 3.26. The van der Waals surface area contributed by atoms with Crippen molar-refractivity contribution in [1.82, 2.24) is 10.2 Å². The number of rotatable bonds is 8. The summed E-state index contributed by atoms with van der Waals surface area (Å²) in [4.78, 5) is 30.3. The van der Waals surface area contributed by atoms with Crippen LogP contribution in [0.5, 0.6) is 0 Å². The average molecular weight is 522 g/mol. The minimum absolute atomic E-state index is 0.0278. The van der Waals surface area contributed by atoms with E-state index in [4.69, 9.17) is 4.74 Å². The van der Waals surface area contributed by atoms with Crippen molar-refractivity contribution in [2.45, 2.75) is 51.0 Å². The molecule has 204 valence electrons. The molecule has 2 aliphatic heterocycles. The number of halogens is 1. The van der Waals surface area contributed by atoms with Gasteiger partial charge in [0.25, 0.3) is 5.91 Å². The van der Waals surface area contributed by atoms with Crippen LogP contribution in [0.25, 0.3) is 0 Å². The lowest BCUT2D eigenvalue weighted by Gasteiger charge is -2.34. The maximum atomic E-state index is 13.2. The van der Waals surface area contributed by atoms with Crippen LogP contribution in [0, 0.1) is 17.7 Å². The van der Waals surface area contributed by atoms with Crippen molar-refractivity contribution < 1.29 is 18.7 Å². The Kier molecular flexibility index (Phi) is 9.07. The van der Waals surface area contributed by atoms with E-state index < -0.39 is 0 Å². The lowest BCUT2D eigenvalue weighted by Crippen LogP contribution is -2.39. The van der Waals surface area contributed by atoms with E-state index in [0.717, 1.165) is 95.7 Å². The van der Waals surface area contributed by atoms with Crippen molar-refractivity contribution in [3.05, 3.63) is 65.5 Å². The molecular weight excluding hydrogens is 481 g/mol. The second kappa shape index (κ2) is 12.9. The highest BCUT2D eigenvalue weighted by Crippen LogP contribution is 2.29. The van der Waals surface area contributed by atoms with Gasteiger partial charge in [-0.25, -0.2) is 4.39 Å². The van der Waals surface area contributed by atoms with Gasteiger partial charge < -0.3 is 19.9 Å². The topological polar surface area (TPSA) is 61.9 Å². The number of likely N-dealkylation sites (tertiary alicyclic amines) is 1. The molecule has 7 heteroatoms. The SMILES string of the molecule is O=C(NC1CCC(CCN2CCC(C(=O)c3ccc(F)cc3)CC2)CC1)c1ccc(N2CCOCC2)cc1. The monoisotopic (exact) mass is 521 g/mol. The number of nitrogens with one attached hydrogen (secondary N) is 1. The van der Waals surface area contributed by atoms with E-state index >= 15 is 0 Å². The number of Topliss-reactive ketones (excluding diaryl/α,β-unsaturated/α-hetero) is 1. The first-order valence-electron chi connectivity index (χ1n) is 14.3. The fourth-order valence-electron chi connectivity index (χ4n) is 6.14. The van der Waals surface area contributed by atoms with Gasteiger partial charge >= 0.3 is 0 Å². The minimum Gasteiger partial charge on any atom is -0.378 e. The second-order valence-corrected chi connectivity index (χ2v) is 11.1. The van der Waals surface area contributed by atoms with Gasteiger partial charge in [0.05, 0.1) is 13.2 Å². The number of hydrogen-bond acceptors (Lipinski definition) is 5. The first kappa shape index (κ1) is 26.8. The van der Waals surface area contributed by atoms with E-state index in [2.05, 4.69) is 15.1 Å². The molecule has 2 saturated heterocycles. The number of morpholine rings is 1. The molecule has 1 N–H and O–H groups in total. The summed E-state index contributed by atoms with van der Waals surface area (Å²) in [7, 11) is 0. The number of nitrogens with zero attached hydrogens (tertiary/aromatic N) is 2. The summed E-state index contributed by atoms with van der Waals surface area (Å²) < 4.78 is 18.6. The van der Waals surface area contributed by atoms with E-state index in [1.165, 1.54) is 18.6 Å². The molecule has 6 nitrogen and oxygen atoms in total. The molecular formula is C31H40FN3O3. The summed E-state index contributed by atoms with van der Waals surface area (Å²) in [5.41, 5.74) is 2.50. The van der Waals surface area contributed by atoms with Gasteiger partial charge in [-0.2, -0.15) is 0 Å². The van der Waals surface area contributed by atoms with Gasteiger partial charge in [-0.1, -0.05) is 0 Å². The predicted molar refractivity (Wildman–Crippen MR) is 147 cm³/mol. The fraction of sp³-hybridized carbons (Fsp3) is 0.548. The van der Waals surface area contributed by atoms with Crippen LogP contribution in [0.2, 0.25) is 0 Å². The van der Waals surface area contributed by atoms with Gasteiger partial charge in [0.15, 0.2) is 5.78 Å². The lowest BCUT2D eigenvalue weighted by molar-refractivity contribution is 0.0832. The Morgan fingerprint density at radius 1 is 0.816 bits per heavy atom. The quantitative estimate of drug-likeness (QED) is 0.499. The largest absolute Gasteiger partial charge is 0.378 e. The van der Waals surface area contributed by atoms with Gasteiger partial charge in [-0.3, -0.25) is 9.59 Å². The molecule has 0 radical (unpaired) electrons. The number of hydrogen-bond donors (Lipinski definition) is 1. The molecule has 1 aliphatic carbocycles. The molecule has 0 aromatic heterocycles. The molecule has 1 amide bonds. The van der Waals surface area contributed by atoms with Gasteiger partial charge in [-0.05, 0) is 119 Å². The summed E-state index contributed by atoms with van der Waals surface area (Å²) in [6.07, 6.45) is 7.32. The first-order chi connectivity index (χ1) is 18.5. The zero-order valence-corrected chi connectivity index (χ0v) is 22.2. The Labute approximate surface area is 225 Å². The molecule has 3 fully saturated rings. The minimum atomic E-state index is -0.304. The van der Waals surface area contributed by atoms with Gasteiger partial charge in [-0.15, -0.1) is 0 Å². The van der Waals surface area contributed by atoms with E-state index in [9.17, 15) is 14.0 Å². The van der Waals surface area contributed by atoms with Crippen LogP contribution >= 0.6 is 0 Å². The highest BCUT2D eigenvalue weighted by molar-refractivity contribution is 5.97. The zero-order valence-electron chi connectivity index (χ0n) is 22.2. The molecule has 3 aliphatic rings. The van der Waals surface area contributed by atoms with Crippen molar-refractivity contribution in [2.24, 2.45) is 11.8 Å². The first-order valence-corrected chi connectivity index (χ1v) is 14.3. The van der Waals surface area contributed by atoms with E-state index in [0.29, 0.717) is 11.5 Å². The highest BCUT2D eigenvalue weighted by Gasteiger charge is 2.27. The van der Waals surface area contributed by atoms with Crippen molar-refractivity contribution in [3.8, 4) is 0 Å². The average Bonchev–Trinajstić information content (AvgIpc) is 2.97. The highest BCUT2D eigenvalue weighted by atomic mass is 19.1. The van der Waals surface area contributed by atoms with Crippen LogP contribution in [-0.2, 0) is 4.74 Å². The number of ketones is 1. The fourth-order valence-corrected chi connectivity index (χ4v) is 6.14. The van der Waals surface area contributed by atoms with E-state index in [1.54, 1.807) is 12.1 Å². The van der Waals surface area contributed by atoms with Gasteiger partial charge in [0.1, 0.15) is 5.82 Å². The third-order valence-corrected chi connectivity index (χ3v) is 8.63. The molecule has 38 heavy (non-hydrogen) atoms. The summed E-state index contributed by atoms with van der Waals surface area (Å²) in [6, 6.07) is 14.1. The maximum absolute atomic E-state index is 13.2. The molecule has 0 atom stereocenters. The van der Waals surface area contributed by atoms with Crippen LogP contribution in [-0.4, -0.2) is 68.6 Å². The smallest absolute Gasteiger partial charge is 0.251 e. The predicted octanol–water partition coefficient (Wildman–Crippen LogP) is 4.94. The molecule has 0 bridgehead atoms. The molecule has 2 aromatic rings. The second-order valence-electron chi connectivity index (χ2n) is 11.1. The molecule has 1 saturated carbocycles. The summed E-state index contributed by atoms with van der Waals surface area (Å²) in [5.74, 6) is 0.626. The van der Waals surface area contributed by atoms with Gasteiger partial charge in [0, 0.05) is 41.9 Å². The van der Waals surface area contributed by atoms with Crippen molar-refractivity contribution >= 4 is 17.4 Å². The van der Waals surface area contributed by atoms with Crippen LogP contribution in [0.15, 0.2) is 48.5 Å². The third-order valence-electron chi connectivity index (χ3n) is 8.63. The molecule has 2 aromatic carbocycles. The van der Waals surface area contributed by atoms with Crippen LogP contribution in [0.4, 0.5) is 10.1 Å². The number of benzene rings is 2. The number of amides is 1. The number of anilines is 1.